The van der Waals surface area contributed by atoms with E-state index in [0.717, 1.165) is 0 Å². The number of nitrogens with zero attached hydrogens (tertiary/aromatic N) is 2. The van der Waals surface area contributed by atoms with E-state index in [0.29, 0.717) is 25.2 Å². The van der Waals surface area contributed by atoms with Crippen LogP contribution in [0.4, 0.5) is 5.69 Å². The topological polar surface area (TPSA) is 86.9 Å². The lowest BCUT2D eigenvalue weighted by molar-refractivity contribution is -0.131. The molecule has 0 atom stereocenters. The molecule has 0 fully saturated rings. The molecule has 0 aliphatic rings. The third-order valence-corrected chi connectivity index (χ3v) is 3.36. The highest BCUT2D eigenvalue weighted by Gasteiger charge is 2.17. The van der Waals surface area contributed by atoms with Crippen molar-refractivity contribution in [3.8, 4) is 0 Å². The second-order valence-corrected chi connectivity index (χ2v) is 4.92. The summed E-state index contributed by atoms with van der Waals surface area (Å²) >= 11 is 0. The van der Waals surface area contributed by atoms with Crippen molar-refractivity contribution in [3.63, 3.8) is 0 Å². The van der Waals surface area contributed by atoms with Crippen molar-refractivity contribution in [1.29, 1.82) is 0 Å². The van der Waals surface area contributed by atoms with E-state index in [1.807, 2.05) is 13.8 Å². The highest BCUT2D eigenvalue weighted by Crippen LogP contribution is 2.18. The summed E-state index contributed by atoms with van der Waals surface area (Å²) < 4.78 is 0. The third-order valence-electron chi connectivity index (χ3n) is 3.36. The van der Waals surface area contributed by atoms with Gasteiger partial charge in [-0.25, -0.2) is 4.79 Å². The number of carboxylic acids is 1. The molecule has 3 N–H and O–H groups in total. The number of nitrogens with two attached hydrogens (primary N) is 1. The number of carbonyl (C=O) groups excluding carboxylic acids is 1. The minimum atomic E-state index is -1.05. The molecule has 116 valence electrons. The maximum atomic E-state index is 12.0. The van der Waals surface area contributed by atoms with Gasteiger partial charge in [-0.2, -0.15) is 0 Å². The monoisotopic (exact) mass is 293 g/mol. The molecule has 6 nitrogen and oxygen atoms in total. The number of anilines is 1. The molecule has 0 heterocycles. The molecular formula is C15H23N3O3. The Hall–Kier alpha value is -2.08. The van der Waals surface area contributed by atoms with Gasteiger partial charge in [-0.1, -0.05) is 12.1 Å². The van der Waals surface area contributed by atoms with Crippen LogP contribution in [0.3, 0.4) is 0 Å². The molecular weight excluding hydrogens is 270 g/mol. The molecule has 6 heteroatoms. The van der Waals surface area contributed by atoms with Crippen LogP contribution in [-0.2, 0) is 11.3 Å². The van der Waals surface area contributed by atoms with E-state index < -0.39 is 5.97 Å². The highest BCUT2D eigenvalue weighted by atomic mass is 16.4. The Kier molecular flexibility index (Phi) is 6.17. The van der Waals surface area contributed by atoms with Gasteiger partial charge in [-0.05, 0) is 32.5 Å². The summed E-state index contributed by atoms with van der Waals surface area (Å²) in [6.45, 7) is 5.81. The van der Waals surface area contributed by atoms with Gasteiger partial charge in [0, 0.05) is 25.3 Å². The molecule has 1 amide bonds. The Labute approximate surface area is 125 Å². The molecule has 0 radical (unpaired) electrons. The lowest BCUT2D eigenvalue weighted by Gasteiger charge is -2.23. The first-order chi connectivity index (χ1) is 9.90. The van der Waals surface area contributed by atoms with E-state index in [-0.39, 0.29) is 23.7 Å². The van der Waals surface area contributed by atoms with Gasteiger partial charge in [0.05, 0.1) is 12.1 Å². The Morgan fingerprint density at radius 1 is 1.24 bits per heavy atom. The van der Waals surface area contributed by atoms with Crippen LogP contribution in [0.1, 0.15) is 29.8 Å². The number of amides is 1. The molecule has 0 aliphatic carbocycles. The van der Waals surface area contributed by atoms with Crippen LogP contribution in [-0.4, -0.2) is 53.5 Å². The SMILES string of the molecule is CCN(CC)C(=O)CN(C)Cc1cccc(N)c1C(=O)O. The molecule has 0 bridgehead atoms. The van der Waals surface area contributed by atoms with Crippen LogP contribution in [0.25, 0.3) is 0 Å². The lowest BCUT2D eigenvalue weighted by atomic mass is 10.1. The van der Waals surface area contributed by atoms with Gasteiger partial charge >= 0.3 is 5.97 Å². The molecule has 1 rings (SSSR count). The summed E-state index contributed by atoms with van der Waals surface area (Å²) in [6.07, 6.45) is 0. The predicted octanol–water partition coefficient (Wildman–Crippen LogP) is 1.27. The van der Waals surface area contributed by atoms with Gasteiger partial charge in [0.2, 0.25) is 5.91 Å². The van der Waals surface area contributed by atoms with Gasteiger partial charge in [0.15, 0.2) is 0 Å². The number of likely N-dealkylation sites (N-methyl/N-ethyl adjacent to an activating group) is 2. The fourth-order valence-electron chi connectivity index (χ4n) is 2.27. The molecule has 1 aromatic carbocycles. The summed E-state index contributed by atoms with van der Waals surface area (Å²) in [5.41, 5.74) is 6.67. The van der Waals surface area contributed by atoms with Crippen molar-refractivity contribution in [2.24, 2.45) is 0 Å². The molecule has 0 saturated carbocycles. The summed E-state index contributed by atoms with van der Waals surface area (Å²) in [5.74, 6) is -1.02. The first-order valence-electron chi connectivity index (χ1n) is 6.97. The van der Waals surface area contributed by atoms with Gasteiger partial charge in [0.25, 0.3) is 0 Å². The minimum absolute atomic E-state index is 0.0308. The molecule has 21 heavy (non-hydrogen) atoms. The van der Waals surface area contributed by atoms with Crippen LogP contribution >= 0.6 is 0 Å². The summed E-state index contributed by atoms with van der Waals surface area (Å²) in [6, 6.07) is 5.00. The molecule has 0 aromatic heterocycles. The first-order valence-corrected chi connectivity index (χ1v) is 6.97. The number of hydrogen-bond donors (Lipinski definition) is 2. The Bertz CT molecular complexity index is 513. The Morgan fingerprint density at radius 3 is 2.38 bits per heavy atom. The van der Waals surface area contributed by atoms with Crippen LogP contribution in [0.15, 0.2) is 18.2 Å². The van der Waals surface area contributed by atoms with Crippen LogP contribution in [0.5, 0.6) is 0 Å². The normalized spacial score (nSPS) is 10.7. The van der Waals surface area contributed by atoms with E-state index in [4.69, 9.17) is 5.73 Å². The highest BCUT2D eigenvalue weighted by molar-refractivity contribution is 5.95. The minimum Gasteiger partial charge on any atom is -0.478 e. The zero-order chi connectivity index (χ0) is 16.0. The number of carbonyl (C=O) groups is 2. The maximum Gasteiger partial charge on any atom is 0.338 e. The standard InChI is InChI=1S/C15H23N3O3/c1-4-18(5-2)13(19)10-17(3)9-11-7-6-8-12(16)14(11)15(20)21/h6-8H,4-5,9-10,16H2,1-3H3,(H,20,21). The fourth-order valence-corrected chi connectivity index (χ4v) is 2.27. The predicted molar refractivity (Wildman–Crippen MR) is 82.1 cm³/mol. The van der Waals surface area contributed by atoms with Crippen molar-refractivity contribution < 1.29 is 14.7 Å². The molecule has 0 spiro atoms. The van der Waals surface area contributed by atoms with Gasteiger partial charge in [-0.15, -0.1) is 0 Å². The third kappa shape index (κ3) is 4.46. The number of benzene rings is 1. The Morgan fingerprint density at radius 2 is 1.86 bits per heavy atom. The van der Waals surface area contributed by atoms with E-state index in [1.54, 1.807) is 35.0 Å². The quantitative estimate of drug-likeness (QED) is 0.739. The molecule has 0 unspecified atom stereocenters. The molecule has 0 aliphatic heterocycles. The van der Waals surface area contributed by atoms with Crippen molar-refractivity contribution in [2.45, 2.75) is 20.4 Å². The summed E-state index contributed by atoms with van der Waals surface area (Å²) in [7, 11) is 1.79. The largest absolute Gasteiger partial charge is 0.478 e. The smallest absolute Gasteiger partial charge is 0.338 e. The van der Waals surface area contributed by atoms with Crippen LogP contribution < -0.4 is 5.73 Å². The van der Waals surface area contributed by atoms with E-state index in [1.165, 1.54) is 0 Å². The van der Waals surface area contributed by atoms with Crippen molar-refractivity contribution in [2.75, 3.05) is 32.4 Å². The number of hydrogen-bond acceptors (Lipinski definition) is 4. The van der Waals surface area contributed by atoms with Crippen molar-refractivity contribution in [1.82, 2.24) is 9.80 Å². The van der Waals surface area contributed by atoms with Crippen LogP contribution in [0.2, 0.25) is 0 Å². The number of carboxylic acid groups (broad SMARTS) is 1. The van der Waals surface area contributed by atoms with Crippen molar-refractivity contribution >= 4 is 17.6 Å². The van der Waals surface area contributed by atoms with Gasteiger partial charge in [0.1, 0.15) is 0 Å². The Balaban J connectivity index is 2.80. The molecule has 0 saturated heterocycles. The maximum absolute atomic E-state index is 12.0. The fraction of sp³-hybridized carbons (Fsp3) is 0.467. The number of aromatic carboxylic acids is 1. The van der Waals surface area contributed by atoms with Gasteiger partial charge in [-0.3, -0.25) is 9.69 Å². The van der Waals surface area contributed by atoms with Crippen LogP contribution in [0, 0.1) is 0 Å². The van der Waals surface area contributed by atoms with Gasteiger partial charge < -0.3 is 15.7 Å². The average Bonchev–Trinajstić information content (AvgIpc) is 2.39. The molecule has 1 aromatic rings. The average molecular weight is 293 g/mol. The second kappa shape index (κ2) is 7.64. The lowest BCUT2D eigenvalue weighted by Crippen LogP contribution is -2.38. The zero-order valence-electron chi connectivity index (χ0n) is 12.8. The second-order valence-electron chi connectivity index (χ2n) is 4.92. The zero-order valence-corrected chi connectivity index (χ0v) is 12.8. The van der Waals surface area contributed by atoms with E-state index in [2.05, 4.69) is 0 Å². The van der Waals surface area contributed by atoms with E-state index >= 15 is 0 Å². The summed E-state index contributed by atoms with van der Waals surface area (Å²) in [4.78, 5) is 26.8. The number of nitrogen functional groups attached to an aromatic ring is 1. The number of rotatable bonds is 7. The van der Waals surface area contributed by atoms with Crippen molar-refractivity contribution in [3.05, 3.63) is 29.3 Å². The summed E-state index contributed by atoms with van der Waals surface area (Å²) in [5, 5.41) is 9.23. The first kappa shape index (κ1) is 17.0. The van der Waals surface area contributed by atoms with E-state index in [9.17, 15) is 14.7 Å².